The molecule has 0 spiro atoms. The molecule has 1 heterocycles. The van der Waals surface area contributed by atoms with Crippen LogP contribution in [0.25, 0.3) is 10.4 Å². The third kappa shape index (κ3) is 7.77. The van der Waals surface area contributed by atoms with E-state index in [0.717, 1.165) is 22.2 Å². The Morgan fingerprint density at radius 3 is 2.22 bits per heavy atom. The van der Waals surface area contributed by atoms with Gasteiger partial charge in [-0.1, -0.05) is 43.9 Å². The summed E-state index contributed by atoms with van der Waals surface area (Å²) in [6.07, 6.45) is -0.136. The first-order valence-electron chi connectivity index (χ1n) is 12.1. The van der Waals surface area contributed by atoms with Crippen LogP contribution >= 0.6 is 11.3 Å². The maximum atomic E-state index is 13.2. The molecule has 3 aromatic rings. The molecule has 0 aliphatic rings. The molecule has 0 aliphatic heterocycles. The van der Waals surface area contributed by atoms with Gasteiger partial charge in [-0.2, -0.15) is 0 Å². The lowest BCUT2D eigenvalue weighted by Gasteiger charge is -2.34. The van der Waals surface area contributed by atoms with Crippen LogP contribution in [0.3, 0.4) is 0 Å². The van der Waals surface area contributed by atoms with Gasteiger partial charge in [-0.3, -0.25) is 14.5 Å². The zero-order chi connectivity index (χ0) is 27.4. The fourth-order valence-corrected chi connectivity index (χ4v) is 5.21. The SMILES string of the molecule is CC(C)(C)N(C(=O)O)c1ccc(-c2cccs2)cc1NC(=O)c1ccc(CC(=O)NC[Si](C)(C)C)cc1. The second-order valence-corrected chi connectivity index (χ2v) is 17.6. The van der Waals surface area contributed by atoms with Gasteiger partial charge >= 0.3 is 6.09 Å². The van der Waals surface area contributed by atoms with E-state index in [0.29, 0.717) is 16.9 Å². The van der Waals surface area contributed by atoms with Gasteiger partial charge in [0.2, 0.25) is 5.91 Å². The number of nitrogens with one attached hydrogen (secondary N) is 2. The maximum absolute atomic E-state index is 13.2. The lowest BCUT2D eigenvalue weighted by atomic mass is 10.0. The van der Waals surface area contributed by atoms with Gasteiger partial charge < -0.3 is 15.7 Å². The minimum absolute atomic E-state index is 0.0365. The van der Waals surface area contributed by atoms with E-state index in [2.05, 4.69) is 30.3 Å². The van der Waals surface area contributed by atoms with Gasteiger partial charge in [0.25, 0.3) is 5.91 Å². The summed E-state index contributed by atoms with van der Waals surface area (Å²) in [5.41, 5.74) is 2.18. The fraction of sp³-hybridized carbons (Fsp3) is 0.321. The molecule has 2 aromatic carbocycles. The predicted molar refractivity (Wildman–Crippen MR) is 154 cm³/mol. The van der Waals surface area contributed by atoms with E-state index in [1.54, 1.807) is 68.5 Å². The number of hydrogen-bond acceptors (Lipinski definition) is 4. The van der Waals surface area contributed by atoms with Crippen molar-refractivity contribution in [2.24, 2.45) is 0 Å². The first-order chi connectivity index (χ1) is 17.2. The summed E-state index contributed by atoms with van der Waals surface area (Å²) in [7, 11) is -1.38. The number of amides is 3. The summed E-state index contributed by atoms with van der Waals surface area (Å²) >= 11 is 1.56. The van der Waals surface area contributed by atoms with Crippen molar-refractivity contribution in [2.45, 2.75) is 52.4 Å². The molecule has 0 atom stereocenters. The summed E-state index contributed by atoms with van der Waals surface area (Å²) in [6.45, 7) is 12.0. The van der Waals surface area contributed by atoms with Crippen LogP contribution in [0.5, 0.6) is 0 Å². The molecular formula is C28H35N3O4SSi. The minimum Gasteiger partial charge on any atom is -0.465 e. The minimum atomic E-state index is -1.38. The molecule has 3 N–H and O–H groups in total. The number of carbonyl (C=O) groups excluding carboxylic acids is 2. The highest BCUT2D eigenvalue weighted by Crippen LogP contribution is 2.36. The van der Waals surface area contributed by atoms with Gasteiger partial charge in [-0.15, -0.1) is 11.3 Å². The van der Waals surface area contributed by atoms with Gasteiger partial charge in [0.1, 0.15) is 0 Å². The predicted octanol–water partition coefficient (Wildman–Crippen LogP) is 6.49. The van der Waals surface area contributed by atoms with E-state index < -0.39 is 19.7 Å². The van der Waals surface area contributed by atoms with Crippen LogP contribution in [0.2, 0.25) is 19.6 Å². The maximum Gasteiger partial charge on any atom is 0.412 e. The van der Waals surface area contributed by atoms with Crippen LogP contribution in [-0.2, 0) is 11.2 Å². The summed E-state index contributed by atoms with van der Waals surface area (Å²) in [5, 5.41) is 17.8. The van der Waals surface area contributed by atoms with E-state index in [1.807, 2.05) is 23.6 Å². The Labute approximate surface area is 223 Å². The molecule has 0 bridgehead atoms. The summed E-state index contributed by atoms with van der Waals surface area (Å²) < 4.78 is 0. The molecule has 37 heavy (non-hydrogen) atoms. The van der Waals surface area contributed by atoms with Gasteiger partial charge in [0.15, 0.2) is 0 Å². The summed E-state index contributed by atoms with van der Waals surface area (Å²) in [4.78, 5) is 39.9. The molecule has 9 heteroatoms. The molecule has 0 aliphatic carbocycles. The van der Waals surface area contributed by atoms with E-state index in [-0.39, 0.29) is 18.2 Å². The molecule has 196 valence electrons. The van der Waals surface area contributed by atoms with E-state index in [1.165, 1.54) is 4.90 Å². The lowest BCUT2D eigenvalue weighted by Crippen LogP contribution is -2.45. The van der Waals surface area contributed by atoms with Crippen LogP contribution in [-0.4, -0.2) is 42.8 Å². The normalized spacial score (nSPS) is 11.6. The summed E-state index contributed by atoms with van der Waals surface area (Å²) in [6, 6.07) is 16.2. The average Bonchev–Trinajstić information content (AvgIpc) is 3.33. The van der Waals surface area contributed by atoms with Gasteiger partial charge in [-0.05, 0) is 67.6 Å². The van der Waals surface area contributed by atoms with Crippen LogP contribution in [0.4, 0.5) is 16.2 Å². The van der Waals surface area contributed by atoms with Crippen molar-refractivity contribution in [2.75, 3.05) is 16.4 Å². The van der Waals surface area contributed by atoms with Gasteiger partial charge in [0.05, 0.1) is 25.9 Å². The highest BCUT2D eigenvalue weighted by atomic mass is 32.1. The lowest BCUT2D eigenvalue weighted by molar-refractivity contribution is -0.120. The van der Waals surface area contributed by atoms with E-state index >= 15 is 0 Å². The standard InChI is InChI=1S/C28H35N3O4SSi/c1-28(2,3)31(27(34)35)23-14-13-21(24-8-7-15-36-24)17-22(23)30-26(33)20-11-9-19(10-12-20)16-25(32)29-18-37(4,5)6/h7-15,17H,16,18H2,1-6H3,(H,29,32)(H,30,33)(H,34,35). The Kier molecular flexibility index (Phi) is 8.60. The van der Waals surface area contributed by atoms with Crippen LogP contribution in [0.15, 0.2) is 60.0 Å². The van der Waals surface area contributed by atoms with Crippen molar-refractivity contribution in [3.05, 3.63) is 71.1 Å². The van der Waals surface area contributed by atoms with Crippen LogP contribution < -0.4 is 15.5 Å². The molecule has 0 saturated heterocycles. The molecule has 3 rings (SSSR count). The Bertz CT molecular complexity index is 1260. The number of nitrogens with zero attached hydrogens (tertiary/aromatic N) is 1. The number of benzene rings is 2. The number of carbonyl (C=O) groups is 3. The van der Waals surface area contributed by atoms with Gasteiger partial charge in [-0.25, -0.2) is 4.79 Å². The first-order valence-corrected chi connectivity index (χ1v) is 16.7. The van der Waals surface area contributed by atoms with Crippen molar-refractivity contribution in [3.8, 4) is 10.4 Å². The molecule has 3 amide bonds. The Morgan fingerprint density at radius 2 is 1.68 bits per heavy atom. The van der Waals surface area contributed by atoms with Crippen molar-refractivity contribution in [1.29, 1.82) is 0 Å². The molecule has 0 radical (unpaired) electrons. The van der Waals surface area contributed by atoms with Crippen molar-refractivity contribution in [3.63, 3.8) is 0 Å². The molecule has 0 unspecified atom stereocenters. The zero-order valence-electron chi connectivity index (χ0n) is 22.2. The Hall–Kier alpha value is -3.43. The largest absolute Gasteiger partial charge is 0.465 e. The number of anilines is 2. The highest BCUT2D eigenvalue weighted by Gasteiger charge is 2.30. The molecule has 0 saturated carbocycles. The number of thiophene rings is 1. The second kappa shape index (κ2) is 11.3. The van der Waals surface area contributed by atoms with Crippen molar-refractivity contribution < 1.29 is 19.5 Å². The zero-order valence-corrected chi connectivity index (χ0v) is 24.0. The van der Waals surface area contributed by atoms with Crippen LogP contribution in [0, 0.1) is 0 Å². The first kappa shape index (κ1) is 28.1. The van der Waals surface area contributed by atoms with Crippen molar-refractivity contribution >= 4 is 48.7 Å². The molecule has 7 nitrogen and oxygen atoms in total. The summed E-state index contributed by atoms with van der Waals surface area (Å²) in [5.74, 6) is -0.399. The monoisotopic (exact) mass is 537 g/mol. The van der Waals surface area contributed by atoms with Gasteiger partial charge in [0, 0.05) is 22.1 Å². The number of carboxylic acid groups (broad SMARTS) is 1. The Morgan fingerprint density at radius 1 is 1.00 bits per heavy atom. The topological polar surface area (TPSA) is 98.7 Å². The third-order valence-corrected chi connectivity index (χ3v) is 7.71. The van der Waals surface area contributed by atoms with E-state index in [9.17, 15) is 19.5 Å². The Balaban J connectivity index is 1.85. The number of hydrogen-bond donors (Lipinski definition) is 3. The molecular weight excluding hydrogens is 502 g/mol. The molecule has 0 fully saturated rings. The number of rotatable bonds is 8. The second-order valence-electron chi connectivity index (χ2n) is 11.2. The van der Waals surface area contributed by atoms with Crippen LogP contribution in [0.1, 0.15) is 36.7 Å². The van der Waals surface area contributed by atoms with E-state index in [4.69, 9.17) is 0 Å². The smallest absolute Gasteiger partial charge is 0.412 e. The fourth-order valence-electron chi connectivity index (χ4n) is 3.76. The molecule has 1 aromatic heterocycles. The van der Waals surface area contributed by atoms with Crippen molar-refractivity contribution in [1.82, 2.24) is 5.32 Å². The highest BCUT2D eigenvalue weighted by molar-refractivity contribution is 7.13. The average molecular weight is 538 g/mol. The quantitative estimate of drug-likeness (QED) is 0.286. The third-order valence-electron chi connectivity index (χ3n) is 5.55.